The van der Waals surface area contributed by atoms with Crippen LogP contribution in [0.5, 0.6) is 11.5 Å². The topological polar surface area (TPSA) is 59.6 Å². The molecule has 5 nitrogen and oxygen atoms in total. The highest BCUT2D eigenvalue weighted by molar-refractivity contribution is 9.10. The fourth-order valence-corrected chi connectivity index (χ4v) is 3.31. The monoisotopic (exact) mass is 492 g/mol. The molecule has 30 heavy (non-hydrogen) atoms. The number of ether oxygens (including phenoxy) is 2. The van der Waals surface area contributed by atoms with Crippen molar-refractivity contribution < 1.29 is 14.3 Å². The summed E-state index contributed by atoms with van der Waals surface area (Å²) in [5.74, 6) is 1.00. The van der Waals surface area contributed by atoms with Gasteiger partial charge in [0.1, 0.15) is 11.5 Å². The molecule has 0 spiro atoms. The van der Waals surface area contributed by atoms with Gasteiger partial charge in [0.2, 0.25) is 0 Å². The number of unbranched alkanes of at least 4 members (excludes halogenated alkanes) is 3. The van der Waals surface area contributed by atoms with E-state index >= 15 is 0 Å². The zero-order valence-electron chi connectivity index (χ0n) is 17.7. The van der Waals surface area contributed by atoms with E-state index in [2.05, 4.69) is 33.5 Å². The molecule has 7 heteroatoms. The number of thiocarbonyl (C=S) groups is 1. The lowest BCUT2D eigenvalue weighted by Crippen LogP contribution is -2.34. The van der Waals surface area contributed by atoms with Gasteiger partial charge in [-0.25, -0.2) is 0 Å². The molecule has 0 aliphatic heterocycles. The molecule has 0 bridgehead atoms. The van der Waals surface area contributed by atoms with E-state index in [4.69, 9.17) is 21.7 Å². The van der Waals surface area contributed by atoms with Crippen molar-refractivity contribution in [3.05, 3.63) is 52.5 Å². The number of nitrogens with one attached hydrogen (secondary N) is 2. The lowest BCUT2D eigenvalue weighted by molar-refractivity contribution is 0.0973. The van der Waals surface area contributed by atoms with E-state index in [9.17, 15) is 4.79 Å². The van der Waals surface area contributed by atoms with Crippen molar-refractivity contribution in [3.8, 4) is 11.5 Å². The van der Waals surface area contributed by atoms with Gasteiger partial charge >= 0.3 is 0 Å². The van der Waals surface area contributed by atoms with Crippen LogP contribution in [0.1, 0.15) is 56.8 Å². The molecular formula is C23H29BrN2O3S. The number of carbonyl (C=O) groups excluding carboxylic acids is 1. The van der Waals surface area contributed by atoms with E-state index in [1.165, 1.54) is 12.8 Å². The summed E-state index contributed by atoms with van der Waals surface area (Å²) < 4.78 is 12.3. The Morgan fingerprint density at radius 2 is 1.83 bits per heavy atom. The number of amides is 1. The van der Waals surface area contributed by atoms with Crippen LogP contribution in [0.4, 0.5) is 5.69 Å². The maximum atomic E-state index is 12.8. The van der Waals surface area contributed by atoms with Crippen LogP contribution in [0.2, 0.25) is 0 Å². The molecule has 0 aromatic heterocycles. The van der Waals surface area contributed by atoms with E-state index in [1.807, 2.05) is 44.2 Å². The Hall–Kier alpha value is -2.12. The summed E-state index contributed by atoms with van der Waals surface area (Å²) in [6, 6.07) is 12.8. The van der Waals surface area contributed by atoms with Gasteiger partial charge in [0, 0.05) is 10.2 Å². The van der Waals surface area contributed by atoms with E-state index in [-0.39, 0.29) is 17.1 Å². The molecule has 0 saturated carbocycles. The second-order valence-electron chi connectivity index (χ2n) is 7.15. The lowest BCUT2D eigenvalue weighted by Gasteiger charge is -2.14. The molecule has 1 amide bonds. The third kappa shape index (κ3) is 8.32. The van der Waals surface area contributed by atoms with Crippen molar-refractivity contribution in [2.24, 2.45) is 0 Å². The van der Waals surface area contributed by atoms with Crippen LogP contribution >= 0.6 is 28.1 Å². The summed E-state index contributed by atoms with van der Waals surface area (Å²) in [6.07, 6.45) is 4.54. The Morgan fingerprint density at radius 1 is 1.10 bits per heavy atom. The first-order valence-electron chi connectivity index (χ1n) is 10.2. The smallest absolute Gasteiger partial charge is 0.261 e. The Kier molecular flexibility index (Phi) is 10.1. The molecular weight excluding hydrogens is 464 g/mol. The van der Waals surface area contributed by atoms with Gasteiger partial charge in [-0.15, -0.1) is 0 Å². The molecule has 2 rings (SSSR count). The van der Waals surface area contributed by atoms with E-state index in [0.717, 1.165) is 28.8 Å². The highest BCUT2D eigenvalue weighted by atomic mass is 79.9. The molecule has 2 N–H and O–H groups in total. The van der Waals surface area contributed by atoms with Gasteiger partial charge in [-0.05, 0) is 75.0 Å². The van der Waals surface area contributed by atoms with Gasteiger partial charge in [-0.3, -0.25) is 10.1 Å². The average molecular weight is 493 g/mol. The van der Waals surface area contributed by atoms with Gasteiger partial charge in [-0.1, -0.05) is 42.1 Å². The predicted molar refractivity (Wildman–Crippen MR) is 130 cm³/mol. The average Bonchev–Trinajstić information content (AvgIpc) is 2.69. The third-order valence-corrected chi connectivity index (χ3v) is 4.85. The number of hydrogen-bond donors (Lipinski definition) is 2. The quantitative estimate of drug-likeness (QED) is 0.300. The molecule has 0 atom stereocenters. The first kappa shape index (κ1) is 24.2. The van der Waals surface area contributed by atoms with E-state index in [0.29, 0.717) is 17.9 Å². The molecule has 0 radical (unpaired) electrons. The second kappa shape index (κ2) is 12.5. The van der Waals surface area contributed by atoms with Crippen molar-refractivity contribution in [1.82, 2.24) is 5.32 Å². The van der Waals surface area contributed by atoms with Crippen molar-refractivity contribution in [2.45, 2.75) is 52.6 Å². The van der Waals surface area contributed by atoms with E-state index < -0.39 is 0 Å². The van der Waals surface area contributed by atoms with Crippen LogP contribution in [0.15, 0.2) is 46.9 Å². The van der Waals surface area contributed by atoms with Crippen molar-refractivity contribution >= 4 is 44.9 Å². The van der Waals surface area contributed by atoms with E-state index in [1.54, 1.807) is 12.1 Å². The molecule has 0 fully saturated rings. The molecule has 0 aliphatic rings. The highest BCUT2D eigenvalue weighted by Gasteiger charge is 2.15. The molecule has 2 aromatic rings. The minimum atomic E-state index is -0.322. The van der Waals surface area contributed by atoms with Gasteiger partial charge < -0.3 is 14.8 Å². The molecule has 2 aromatic carbocycles. The first-order chi connectivity index (χ1) is 14.4. The Bertz CT molecular complexity index is 841. The number of carbonyl (C=O) groups is 1. The Morgan fingerprint density at radius 3 is 2.50 bits per heavy atom. The summed E-state index contributed by atoms with van der Waals surface area (Å²) in [4.78, 5) is 12.8. The van der Waals surface area contributed by atoms with Gasteiger partial charge in [0.05, 0.1) is 18.3 Å². The summed E-state index contributed by atoms with van der Waals surface area (Å²) in [6.45, 7) is 6.70. The maximum Gasteiger partial charge on any atom is 0.261 e. The van der Waals surface area contributed by atoms with Crippen LogP contribution in [0.3, 0.4) is 0 Å². The standard InChI is InChI=1S/C23H29BrN2O3S/c1-4-5-6-7-14-28-21-13-8-17(24)15-20(21)22(27)26-23(30)25-18-9-11-19(12-10-18)29-16(2)3/h8-13,15-16H,4-7,14H2,1-3H3,(H2,25,26,27,30). The number of rotatable bonds is 10. The predicted octanol–water partition coefficient (Wildman–Crippen LogP) is 6.32. The minimum absolute atomic E-state index is 0.109. The number of benzene rings is 2. The summed E-state index contributed by atoms with van der Waals surface area (Å²) >= 11 is 8.71. The van der Waals surface area contributed by atoms with Gasteiger partial charge in [0.25, 0.3) is 5.91 Å². The van der Waals surface area contributed by atoms with Crippen LogP contribution in [0, 0.1) is 0 Å². The first-order valence-corrected chi connectivity index (χ1v) is 11.4. The fraction of sp³-hybridized carbons (Fsp3) is 0.391. The summed E-state index contributed by atoms with van der Waals surface area (Å²) in [5, 5.41) is 5.95. The number of anilines is 1. The minimum Gasteiger partial charge on any atom is -0.493 e. The van der Waals surface area contributed by atoms with Crippen LogP contribution in [-0.4, -0.2) is 23.7 Å². The van der Waals surface area contributed by atoms with Crippen LogP contribution in [0.25, 0.3) is 0 Å². The summed E-state index contributed by atoms with van der Waals surface area (Å²) in [7, 11) is 0. The summed E-state index contributed by atoms with van der Waals surface area (Å²) in [5.41, 5.74) is 1.20. The van der Waals surface area contributed by atoms with Crippen molar-refractivity contribution in [1.29, 1.82) is 0 Å². The zero-order valence-corrected chi connectivity index (χ0v) is 20.1. The van der Waals surface area contributed by atoms with Crippen molar-refractivity contribution in [2.75, 3.05) is 11.9 Å². The highest BCUT2D eigenvalue weighted by Crippen LogP contribution is 2.24. The second-order valence-corrected chi connectivity index (χ2v) is 8.47. The number of hydrogen-bond acceptors (Lipinski definition) is 4. The molecule has 0 heterocycles. The fourth-order valence-electron chi connectivity index (χ4n) is 2.74. The lowest BCUT2D eigenvalue weighted by atomic mass is 10.2. The molecule has 162 valence electrons. The molecule has 0 saturated heterocycles. The number of halogens is 1. The van der Waals surface area contributed by atoms with Gasteiger partial charge in [0.15, 0.2) is 5.11 Å². The third-order valence-electron chi connectivity index (χ3n) is 4.15. The van der Waals surface area contributed by atoms with Crippen LogP contribution < -0.4 is 20.1 Å². The normalized spacial score (nSPS) is 10.6. The van der Waals surface area contributed by atoms with Crippen molar-refractivity contribution in [3.63, 3.8) is 0 Å². The molecule has 0 aliphatic carbocycles. The van der Waals surface area contributed by atoms with Gasteiger partial charge in [-0.2, -0.15) is 0 Å². The Balaban J connectivity index is 1.95. The molecule has 0 unspecified atom stereocenters. The maximum absolute atomic E-state index is 12.8. The SMILES string of the molecule is CCCCCCOc1ccc(Br)cc1C(=O)NC(=S)Nc1ccc(OC(C)C)cc1. The largest absolute Gasteiger partial charge is 0.493 e. The zero-order chi connectivity index (χ0) is 21.9. The Labute approximate surface area is 192 Å². The van der Waals surface area contributed by atoms with Crippen LogP contribution in [-0.2, 0) is 0 Å².